The maximum Gasteiger partial charge on any atom is 0.0266 e. The number of hydrogen-bond donors (Lipinski definition) is 2. The zero-order valence-electron chi connectivity index (χ0n) is 9.51. The van der Waals surface area contributed by atoms with Crippen LogP contribution in [-0.2, 0) is 0 Å². The van der Waals surface area contributed by atoms with E-state index in [1.165, 1.54) is 0 Å². The summed E-state index contributed by atoms with van der Waals surface area (Å²) in [6.07, 6.45) is 0. The molecule has 2 heteroatoms. The van der Waals surface area contributed by atoms with Gasteiger partial charge in [-0.05, 0) is 48.2 Å². The zero-order valence-corrected chi connectivity index (χ0v) is 11.3. The van der Waals surface area contributed by atoms with E-state index in [1.54, 1.807) is 0 Å². The number of benzene rings is 2. The molecule has 0 spiro atoms. The van der Waals surface area contributed by atoms with Gasteiger partial charge in [-0.3, -0.25) is 0 Å². The summed E-state index contributed by atoms with van der Waals surface area (Å²) < 4.78 is 0. The summed E-state index contributed by atoms with van der Waals surface area (Å²) in [4.78, 5) is 1.80. The van der Waals surface area contributed by atoms with Gasteiger partial charge in [-0.15, -0.1) is 25.3 Å². The molecule has 0 atom stereocenters. The molecule has 0 fully saturated rings. The highest BCUT2D eigenvalue weighted by atomic mass is 32.1. The molecule has 0 radical (unpaired) electrons. The lowest BCUT2D eigenvalue weighted by molar-refractivity contribution is 1.45. The first-order valence-electron chi connectivity index (χ1n) is 5.34. The Labute approximate surface area is 118 Å². The summed E-state index contributed by atoms with van der Waals surface area (Å²) in [5.41, 5.74) is 1.83. The standard InChI is InChI=1S/C16H10S2/c17-15-9-3-7-13(11-15)5-1-2-6-14-8-4-10-16(18)12-14/h3-4,7-12,17-18H. The highest BCUT2D eigenvalue weighted by Crippen LogP contribution is 2.08. The predicted octanol–water partition coefficient (Wildman–Crippen LogP) is 3.67. The van der Waals surface area contributed by atoms with Crippen LogP contribution < -0.4 is 0 Å². The molecule has 0 N–H and O–H groups in total. The minimum absolute atomic E-state index is 0.900. The Hall–Kier alpha value is -1.74. The lowest BCUT2D eigenvalue weighted by Crippen LogP contribution is -1.74. The van der Waals surface area contributed by atoms with Crippen molar-refractivity contribution >= 4 is 25.3 Å². The predicted molar refractivity (Wildman–Crippen MR) is 81.1 cm³/mol. The fourth-order valence-corrected chi connectivity index (χ4v) is 1.82. The summed E-state index contributed by atoms with van der Waals surface area (Å²) in [5.74, 6) is 11.6. The molecule has 0 bridgehead atoms. The topological polar surface area (TPSA) is 0 Å². The Balaban J connectivity index is 2.14. The molecule has 0 saturated carbocycles. The van der Waals surface area contributed by atoms with Crippen molar-refractivity contribution in [3.05, 3.63) is 59.7 Å². The smallest absolute Gasteiger partial charge is 0.0266 e. The third-order valence-corrected chi connectivity index (χ3v) is 2.72. The minimum Gasteiger partial charge on any atom is -0.143 e. The molecule has 0 amide bonds. The molecular weight excluding hydrogens is 256 g/mol. The lowest BCUT2D eigenvalue weighted by atomic mass is 10.2. The third kappa shape index (κ3) is 3.93. The molecular formula is C16H10S2. The lowest BCUT2D eigenvalue weighted by Gasteiger charge is -1.90. The van der Waals surface area contributed by atoms with E-state index in [9.17, 15) is 0 Å². The van der Waals surface area contributed by atoms with Crippen LogP contribution in [0.4, 0.5) is 0 Å². The number of rotatable bonds is 0. The van der Waals surface area contributed by atoms with E-state index in [0.717, 1.165) is 20.9 Å². The van der Waals surface area contributed by atoms with E-state index in [2.05, 4.69) is 48.9 Å². The van der Waals surface area contributed by atoms with Gasteiger partial charge in [0.05, 0.1) is 0 Å². The SMILES string of the molecule is Sc1cccc(C#CC#Cc2cccc(S)c2)c1. The third-order valence-electron chi connectivity index (χ3n) is 2.17. The van der Waals surface area contributed by atoms with Crippen LogP contribution in [0.3, 0.4) is 0 Å². The number of thiol groups is 2. The van der Waals surface area contributed by atoms with Gasteiger partial charge >= 0.3 is 0 Å². The van der Waals surface area contributed by atoms with Crippen molar-refractivity contribution < 1.29 is 0 Å². The van der Waals surface area contributed by atoms with E-state index < -0.39 is 0 Å². The van der Waals surface area contributed by atoms with Gasteiger partial charge in [-0.25, -0.2) is 0 Å². The van der Waals surface area contributed by atoms with E-state index in [1.807, 2.05) is 48.5 Å². The number of hydrogen-bond acceptors (Lipinski definition) is 2. The van der Waals surface area contributed by atoms with Crippen LogP contribution in [0.25, 0.3) is 0 Å². The molecule has 86 valence electrons. The average Bonchev–Trinajstić information content (AvgIpc) is 2.35. The largest absolute Gasteiger partial charge is 0.143 e. The van der Waals surface area contributed by atoms with E-state index >= 15 is 0 Å². The molecule has 2 aromatic carbocycles. The first kappa shape index (κ1) is 12.7. The molecule has 2 aromatic rings. The second kappa shape index (κ2) is 6.26. The van der Waals surface area contributed by atoms with Gasteiger partial charge in [-0.1, -0.05) is 24.0 Å². The van der Waals surface area contributed by atoms with Crippen LogP contribution in [0, 0.1) is 23.7 Å². The van der Waals surface area contributed by atoms with E-state index in [-0.39, 0.29) is 0 Å². The van der Waals surface area contributed by atoms with Crippen LogP contribution in [0.15, 0.2) is 58.3 Å². The molecule has 0 aliphatic rings. The summed E-state index contributed by atoms with van der Waals surface area (Å²) in [6, 6.07) is 15.4. The second-order valence-corrected chi connectivity index (χ2v) is 4.63. The quantitative estimate of drug-likeness (QED) is 0.527. The van der Waals surface area contributed by atoms with Crippen LogP contribution in [-0.4, -0.2) is 0 Å². The fourth-order valence-electron chi connectivity index (χ4n) is 1.37. The molecule has 0 heterocycles. The Morgan fingerprint density at radius 3 is 1.50 bits per heavy atom. The van der Waals surface area contributed by atoms with Crippen molar-refractivity contribution in [1.82, 2.24) is 0 Å². The summed E-state index contributed by atoms with van der Waals surface area (Å²) in [7, 11) is 0. The molecule has 0 aliphatic carbocycles. The van der Waals surface area contributed by atoms with Crippen molar-refractivity contribution in [1.29, 1.82) is 0 Å². The molecule has 0 saturated heterocycles. The monoisotopic (exact) mass is 266 g/mol. The summed E-state index contributed by atoms with van der Waals surface area (Å²) in [6.45, 7) is 0. The maximum absolute atomic E-state index is 4.26. The Morgan fingerprint density at radius 2 is 1.11 bits per heavy atom. The van der Waals surface area contributed by atoms with E-state index in [4.69, 9.17) is 0 Å². The zero-order chi connectivity index (χ0) is 12.8. The molecule has 0 aliphatic heterocycles. The molecule has 18 heavy (non-hydrogen) atoms. The molecule has 0 aromatic heterocycles. The molecule has 2 rings (SSSR count). The second-order valence-electron chi connectivity index (χ2n) is 3.60. The first-order chi connectivity index (χ1) is 8.74. The Bertz CT molecular complexity index is 618. The van der Waals surface area contributed by atoms with Gasteiger partial charge in [0.2, 0.25) is 0 Å². The Kier molecular flexibility index (Phi) is 4.42. The summed E-state index contributed by atoms with van der Waals surface area (Å²) in [5, 5.41) is 0. The van der Waals surface area contributed by atoms with Crippen molar-refractivity contribution in [3.63, 3.8) is 0 Å². The van der Waals surface area contributed by atoms with E-state index in [0.29, 0.717) is 0 Å². The van der Waals surface area contributed by atoms with Crippen molar-refractivity contribution in [2.24, 2.45) is 0 Å². The highest BCUT2D eigenvalue weighted by molar-refractivity contribution is 7.80. The normalized spacial score (nSPS) is 8.78. The van der Waals surface area contributed by atoms with Crippen LogP contribution in [0.5, 0.6) is 0 Å². The van der Waals surface area contributed by atoms with Gasteiger partial charge in [-0.2, -0.15) is 0 Å². The van der Waals surface area contributed by atoms with Crippen molar-refractivity contribution in [2.75, 3.05) is 0 Å². The van der Waals surface area contributed by atoms with Gasteiger partial charge < -0.3 is 0 Å². The molecule has 0 nitrogen and oxygen atoms in total. The van der Waals surface area contributed by atoms with Gasteiger partial charge in [0.25, 0.3) is 0 Å². The first-order valence-corrected chi connectivity index (χ1v) is 6.23. The average molecular weight is 266 g/mol. The van der Waals surface area contributed by atoms with Gasteiger partial charge in [0.1, 0.15) is 0 Å². The highest BCUT2D eigenvalue weighted by Gasteiger charge is 1.87. The summed E-state index contributed by atoms with van der Waals surface area (Å²) >= 11 is 8.51. The molecule has 0 unspecified atom stereocenters. The van der Waals surface area contributed by atoms with Crippen LogP contribution >= 0.6 is 25.3 Å². The Morgan fingerprint density at radius 1 is 0.667 bits per heavy atom. The maximum atomic E-state index is 4.26. The fraction of sp³-hybridized carbons (Fsp3) is 0. The van der Waals surface area contributed by atoms with Gasteiger partial charge in [0.15, 0.2) is 0 Å². The van der Waals surface area contributed by atoms with Gasteiger partial charge in [0, 0.05) is 20.9 Å². The van der Waals surface area contributed by atoms with Crippen LogP contribution in [0.1, 0.15) is 11.1 Å². The van der Waals surface area contributed by atoms with Crippen LogP contribution in [0.2, 0.25) is 0 Å². The minimum atomic E-state index is 0.900. The van der Waals surface area contributed by atoms with Crippen molar-refractivity contribution in [3.8, 4) is 23.7 Å². The van der Waals surface area contributed by atoms with Crippen molar-refractivity contribution in [2.45, 2.75) is 9.79 Å².